The summed E-state index contributed by atoms with van der Waals surface area (Å²) >= 11 is 6.16. The second kappa shape index (κ2) is 6.95. The molecule has 0 amide bonds. The number of methoxy groups -OCH3 is 1. The maximum atomic E-state index is 6.16. The summed E-state index contributed by atoms with van der Waals surface area (Å²) in [6.45, 7) is 2.62. The minimum absolute atomic E-state index is 0.215. The first-order chi connectivity index (χ1) is 8.81. The third kappa shape index (κ3) is 3.59. The monoisotopic (exact) mass is 271 g/mol. The first-order valence-corrected chi connectivity index (χ1v) is 6.40. The summed E-state index contributed by atoms with van der Waals surface area (Å²) in [6, 6.07) is 5.66. The summed E-state index contributed by atoms with van der Waals surface area (Å²) in [4.78, 5) is 0. The van der Waals surface area contributed by atoms with Crippen LogP contribution in [0.4, 0.5) is 0 Å². The Morgan fingerprint density at radius 2 is 2.39 bits per heavy atom. The lowest BCUT2D eigenvalue weighted by Crippen LogP contribution is -2.33. The molecule has 0 aromatic heterocycles. The molecule has 1 aliphatic heterocycles. The van der Waals surface area contributed by atoms with E-state index < -0.39 is 0 Å². The van der Waals surface area contributed by atoms with Crippen LogP contribution in [0.3, 0.4) is 0 Å². The number of halogens is 1. The molecule has 0 aliphatic carbocycles. The Morgan fingerprint density at radius 3 is 3.11 bits per heavy atom. The molecule has 0 saturated carbocycles. The number of ether oxygens (including phenoxy) is 3. The maximum absolute atomic E-state index is 6.16. The van der Waals surface area contributed by atoms with Crippen LogP contribution in [0.25, 0.3) is 0 Å². The van der Waals surface area contributed by atoms with Crippen LogP contribution < -0.4 is 10.1 Å². The Kier molecular flexibility index (Phi) is 5.26. The summed E-state index contributed by atoms with van der Waals surface area (Å²) in [5.41, 5.74) is 0.980. The molecule has 1 aromatic carbocycles. The van der Waals surface area contributed by atoms with Crippen LogP contribution in [0.1, 0.15) is 12.0 Å². The van der Waals surface area contributed by atoms with E-state index in [1.54, 1.807) is 7.11 Å². The normalized spacial score (nSPS) is 19.8. The van der Waals surface area contributed by atoms with Gasteiger partial charge in [-0.3, -0.25) is 0 Å². The van der Waals surface area contributed by atoms with Gasteiger partial charge in [0.2, 0.25) is 0 Å². The average Bonchev–Trinajstić information content (AvgIpc) is 2.41. The van der Waals surface area contributed by atoms with Crippen molar-refractivity contribution in [2.24, 2.45) is 0 Å². The lowest BCUT2D eigenvalue weighted by atomic mass is 10.2. The molecule has 2 rings (SSSR count). The van der Waals surface area contributed by atoms with Gasteiger partial charge in [-0.25, -0.2) is 0 Å². The summed E-state index contributed by atoms with van der Waals surface area (Å²) in [6.07, 6.45) is 1.14. The largest absolute Gasteiger partial charge is 0.496 e. The fourth-order valence-corrected chi connectivity index (χ4v) is 2.15. The zero-order valence-electron chi connectivity index (χ0n) is 10.4. The predicted molar refractivity (Wildman–Crippen MR) is 70.0 cm³/mol. The van der Waals surface area contributed by atoms with Gasteiger partial charge in [-0.05, 0) is 18.6 Å². The zero-order chi connectivity index (χ0) is 12.8. The number of benzene rings is 1. The molecule has 18 heavy (non-hydrogen) atoms. The highest BCUT2D eigenvalue weighted by atomic mass is 35.5. The molecule has 1 fully saturated rings. The number of hydrogen-bond donors (Lipinski definition) is 1. The van der Waals surface area contributed by atoms with Gasteiger partial charge in [-0.15, -0.1) is 0 Å². The highest BCUT2D eigenvalue weighted by Crippen LogP contribution is 2.25. The van der Waals surface area contributed by atoms with E-state index in [-0.39, 0.29) is 6.10 Å². The molecule has 1 saturated heterocycles. The quantitative estimate of drug-likeness (QED) is 0.891. The molecule has 5 heteroatoms. The molecule has 0 spiro atoms. The highest BCUT2D eigenvalue weighted by Gasteiger charge is 2.14. The topological polar surface area (TPSA) is 39.7 Å². The van der Waals surface area contributed by atoms with E-state index >= 15 is 0 Å². The van der Waals surface area contributed by atoms with Crippen LogP contribution in [0.5, 0.6) is 5.75 Å². The summed E-state index contributed by atoms with van der Waals surface area (Å²) < 4.78 is 15.9. The summed E-state index contributed by atoms with van der Waals surface area (Å²) in [5, 5.41) is 4.06. The fraction of sp³-hybridized carbons (Fsp3) is 0.538. The van der Waals surface area contributed by atoms with Crippen molar-refractivity contribution in [3.8, 4) is 5.75 Å². The minimum atomic E-state index is 0.215. The molecule has 0 radical (unpaired) electrons. The standard InChI is InChI=1S/C13H18ClNO3/c1-16-13-4-2-3-12(14)11(13)8-15-7-10-5-6-17-9-18-10/h2-4,10,15H,5-9H2,1H3. The smallest absolute Gasteiger partial charge is 0.147 e. The second-order valence-corrected chi connectivity index (χ2v) is 4.56. The first kappa shape index (κ1) is 13.6. The minimum Gasteiger partial charge on any atom is -0.496 e. The van der Waals surface area contributed by atoms with Crippen LogP contribution in [0.2, 0.25) is 5.02 Å². The van der Waals surface area contributed by atoms with Gasteiger partial charge in [0, 0.05) is 23.7 Å². The van der Waals surface area contributed by atoms with E-state index in [2.05, 4.69) is 5.32 Å². The van der Waals surface area contributed by atoms with Crippen molar-refractivity contribution in [1.82, 2.24) is 5.32 Å². The van der Waals surface area contributed by atoms with E-state index in [0.29, 0.717) is 13.3 Å². The predicted octanol–water partition coefficient (Wildman–Crippen LogP) is 2.20. The molecule has 100 valence electrons. The first-order valence-electron chi connectivity index (χ1n) is 6.02. The highest BCUT2D eigenvalue weighted by molar-refractivity contribution is 6.31. The molecule has 1 unspecified atom stereocenters. The van der Waals surface area contributed by atoms with E-state index in [9.17, 15) is 0 Å². The van der Waals surface area contributed by atoms with Gasteiger partial charge in [0.25, 0.3) is 0 Å². The summed E-state index contributed by atoms with van der Waals surface area (Å²) in [5.74, 6) is 0.808. The molecule has 1 aromatic rings. The van der Waals surface area contributed by atoms with Gasteiger partial charge in [0.15, 0.2) is 0 Å². The maximum Gasteiger partial charge on any atom is 0.147 e. The average molecular weight is 272 g/mol. The van der Waals surface area contributed by atoms with Crippen molar-refractivity contribution in [3.05, 3.63) is 28.8 Å². The van der Waals surface area contributed by atoms with E-state index in [1.807, 2.05) is 18.2 Å². The Bertz CT molecular complexity index is 380. The van der Waals surface area contributed by atoms with Crippen molar-refractivity contribution >= 4 is 11.6 Å². The number of rotatable bonds is 5. The van der Waals surface area contributed by atoms with E-state index in [0.717, 1.165) is 35.9 Å². The van der Waals surface area contributed by atoms with Crippen LogP contribution >= 0.6 is 11.6 Å². The molecular weight excluding hydrogens is 254 g/mol. The zero-order valence-corrected chi connectivity index (χ0v) is 11.2. The lowest BCUT2D eigenvalue weighted by Gasteiger charge is -2.23. The molecule has 1 atom stereocenters. The van der Waals surface area contributed by atoms with Crippen molar-refractivity contribution in [2.75, 3.05) is 27.1 Å². The molecule has 4 nitrogen and oxygen atoms in total. The molecule has 1 aliphatic rings. The number of hydrogen-bond acceptors (Lipinski definition) is 4. The van der Waals surface area contributed by atoms with Crippen LogP contribution in [-0.2, 0) is 16.0 Å². The van der Waals surface area contributed by atoms with E-state index in [4.69, 9.17) is 25.8 Å². The van der Waals surface area contributed by atoms with E-state index in [1.165, 1.54) is 0 Å². The van der Waals surface area contributed by atoms with Crippen molar-refractivity contribution in [1.29, 1.82) is 0 Å². The Hall–Kier alpha value is -0.810. The van der Waals surface area contributed by atoms with Gasteiger partial charge in [0.05, 0.1) is 19.8 Å². The molecule has 1 N–H and O–H groups in total. The Morgan fingerprint density at radius 1 is 1.50 bits per heavy atom. The third-order valence-electron chi connectivity index (χ3n) is 2.94. The van der Waals surface area contributed by atoms with Crippen molar-refractivity contribution in [3.63, 3.8) is 0 Å². The molecule has 1 heterocycles. The van der Waals surface area contributed by atoms with Gasteiger partial charge < -0.3 is 19.5 Å². The Labute approximate surface area is 112 Å². The van der Waals surface area contributed by atoms with Crippen molar-refractivity contribution in [2.45, 2.75) is 19.1 Å². The fourth-order valence-electron chi connectivity index (χ4n) is 1.92. The Balaban J connectivity index is 1.85. The van der Waals surface area contributed by atoms with Crippen LogP contribution in [0.15, 0.2) is 18.2 Å². The molecular formula is C13H18ClNO3. The van der Waals surface area contributed by atoms with Crippen LogP contribution in [0, 0.1) is 0 Å². The number of nitrogens with one attached hydrogen (secondary N) is 1. The van der Waals surface area contributed by atoms with Gasteiger partial charge >= 0.3 is 0 Å². The summed E-state index contributed by atoms with van der Waals surface area (Å²) in [7, 11) is 1.65. The van der Waals surface area contributed by atoms with Gasteiger partial charge in [-0.1, -0.05) is 17.7 Å². The second-order valence-electron chi connectivity index (χ2n) is 4.15. The SMILES string of the molecule is COc1cccc(Cl)c1CNCC1CCOCO1. The lowest BCUT2D eigenvalue weighted by molar-refractivity contribution is -0.137. The van der Waals surface area contributed by atoms with Crippen LogP contribution in [-0.4, -0.2) is 33.2 Å². The molecule has 0 bridgehead atoms. The van der Waals surface area contributed by atoms with Gasteiger partial charge in [-0.2, -0.15) is 0 Å². The van der Waals surface area contributed by atoms with Crippen molar-refractivity contribution < 1.29 is 14.2 Å². The third-order valence-corrected chi connectivity index (χ3v) is 3.29. The van der Waals surface area contributed by atoms with Gasteiger partial charge in [0.1, 0.15) is 12.5 Å².